The number of carbonyl (C=O) groups is 1. The molecule has 0 amide bonds. The maximum Gasteiger partial charge on any atom is 0.365 e. The van der Waals surface area contributed by atoms with Crippen LogP contribution in [0.4, 0.5) is 0 Å². The summed E-state index contributed by atoms with van der Waals surface area (Å²) in [6.07, 6.45) is 0. The Bertz CT molecular complexity index is 1020. The number of hydrogen-bond donors (Lipinski definition) is 1. The number of thiazole rings is 1. The van der Waals surface area contributed by atoms with Crippen molar-refractivity contribution in [2.75, 3.05) is 0 Å². The third-order valence-electron chi connectivity index (χ3n) is 3.90. The molecule has 0 aliphatic heterocycles. The summed E-state index contributed by atoms with van der Waals surface area (Å²) in [5.41, 5.74) is 5.19. The highest BCUT2D eigenvalue weighted by atomic mass is 32.1. The van der Waals surface area contributed by atoms with Crippen LogP contribution in [0.2, 0.25) is 0 Å². The van der Waals surface area contributed by atoms with Gasteiger partial charge in [0.25, 0.3) is 0 Å². The second kappa shape index (κ2) is 5.91. The van der Waals surface area contributed by atoms with Crippen molar-refractivity contribution in [3.63, 3.8) is 0 Å². The van der Waals surface area contributed by atoms with Gasteiger partial charge in [0.2, 0.25) is 5.01 Å². The fourth-order valence-electron chi connectivity index (χ4n) is 2.68. The van der Waals surface area contributed by atoms with Gasteiger partial charge in [-0.15, -0.1) is 11.3 Å². The molecule has 4 heteroatoms. The van der Waals surface area contributed by atoms with Crippen molar-refractivity contribution in [1.29, 1.82) is 0 Å². The first kappa shape index (κ1) is 14.6. The first-order chi connectivity index (χ1) is 11.7. The molecule has 1 heterocycles. The predicted octanol–water partition coefficient (Wildman–Crippen LogP) is 5.33. The lowest BCUT2D eigenvalue weighted by molar-refractivity contribution is 0.0696. The first-order valence-corrected chi connectivity index (χ1v) is 8.32. The summed E-state index contributed by atoms with van der Waals surface area (Å²) in [6.45, 7) is 0. The Morgan fingerprint density at radius 1 is 0.792 bits per heavy atom. The van der Waals surface area contributed by atoms with Crippen molar-refractivity contribution in [3.05, 3.63) is 77.8 Å². The van der Waals surface area contributed by atoms with Crippen LogP contribution in [0.15, 0.2) is 72.8 Å². The van der Waals surface area contributed by atoms with Crippen molar-refractivity contribution in [1.82, 2.24) is 4.98 Å². The number of nitrogens with zero attached hydrogens (tertiary/aromatic N) is 1. The summed E-state index contributed by atoms with van der Waals surface area (Å²) in [5, 5.41) is 9.19. The SMILES string of the molecule is O=C(O)c1nc2cc(-c3ccc(-c4ccccc4)cc3)ccc2s1. The van der Waals surface area contributed by atoms with E-state index in [9.17, 15) is 4.79 Å². The zero-order chi connectivity index (χ0) is 16.5. The lowest BCUT2D eigenvalue weighted by Gasteiger charge is -2.05. The van der Waals surface area contributed by atoms with Gasteiger partial charge in [-0.05, 0) is 34.4 Å². The van der Waals surface area contributed by atoms with E-state index >= 15 is 0 Å². The van der Waals surface area contributed by atoms with E-state index in [0.29, 0.717) is 0 Å². The molecule has 4 aromatic rings. The first-order valence-electron chi connectivity index (χ1n) is 7.50. The van der Waals surface area contributed by atoms with Crippen LogP contribution in [-0.4, -0.2) is 16.1 Å². The zero-order valence-corrected chi connectivity index (χ0v) is 13.5. The summed E-state index contributed by atoms with van der Waals surface area (Å²) in [6, 6.07) is 24.5. The van der Waals surface area contributed by atoms with E-state index in [-0.39, 0.29) is 5.01 Å². The Labute approximate surface area is 142 Å². The summed E-state index contributed by atoms with van der Waals surface area (Å²) in [5.74, 6) is -0.982. The largest absolute Gasteiger partial charge is 0.476 e. The van der Waals surface area contributed by atoms with Crippen LogP contribution in [0.5, 0.6) is 0 Å². The Morgan fingerprint density at radius 3 is 2.04 bits per heavy atom. The number of carboxylic acid groups (broad SMARTS) is 1. The molecule has 0 bridgehead atoms. The van der Waals surface area contributed by atoms with E-state index in [2.05, 4.69) is 41.4 Å². The van der Waals surface area contributed by atoms with E-state index < -0.39 is 5.97 Å². The minimum atomic E-state index is -0.982. The van der Waals surface area contributed by atoms with E-state index in [0.717, 1.165) is 21.3 Å². The standard InChI is InChI=1S/C20H13NO2S/c22-20(23)19-21-17-12-16(10-11-18(17)24-19)15-8-6-14(7-9-15)13-4-2-1-3-5-13/h1-12H,(H,22,23). The Hall–Kier alpha value is -2.98. The molecule has 24 heavy (non-hydrogen) atoms. The number of hydrogen-bond acceptors (Lipinski definition) is 3. The van der Waals surface area contributed by atoms with Gasteiger partial charge in [0.1, 0.15) is 0 Å². The van der Waals surface area contributed by atoms with E-state index in [1.165, 1.54) is 22.5 Å². The minimum absolute atomic E-state index is 0.126. The molecule has 0 fully saturated rings. The molecule has 0 unspecified atom stereocenters. The zero-order valence-electron chi connectivity index (χ0n) is 12.6. The molecule has 1 aromatic heterocycles. The van der Waals surface area contributed by atoms with Gasteiger partial charge in [-0.3, -0.25) is 0 Å². The predicted molar refractivity (Wildman–Crippen MR) is 97.5 cm³/mol. The lowest BCUT2D eigenvalue weighted by atomic mass is 10.0. The quantitative estimate of drug-likeness (QED) is 0.552. The molecule has 1 N–H and O–H groups in total. The van der Waals surface area contributed by atoms with E-state index in [1.807, 2.05) is 36.4 Å². The van der Waals surface area contributed by atoms with Crippen molar-refractivity contribution in [3.8, 4) is 22.3 Å². The van der Waals surface area contributed by atoms with Crippen molar-refractivity contribution in [2.24, 2.45) is 0 Å². The summed E-state index contributed by atoms with van der Waals surface area (Å²) in [7, 11) is 0. The highest BCUT2D eigenvalue weighted by molar-refractivity contribution is 7.20. The highest BCUT2D eigenvalue weighted by Gasteiger charge is 2.11. The van der Waals surface area contributed by atoms with E-state index in [1.54, 1.807) is 0 Å². The smallest absolute Gasteiger partial charge is 0.365 e. The molecule has 0 atom stereocenters. The van der Waals surface area contributed by atoms with Crippen molar-refractivity contribution >= 4 is 27.5 Å². The molecule has 3 nitrogen and oxygen atoms in total. The molecule has 0 saturated carbocycles. The maximum absolute atomic E-state index is 11.0. The molecular weight excluding hydrogens is 318 g/mol. The number of fused-ring (bicyclic) bond motifs is 1. The molecule has 0 saturated heterocycles. The van der Waals surface area contributed by atoms with Gasteiger partial charge >= 0.3 is 5.97 Å². The highest BCUT2D eigenvalue weighted by Crippen LogP contribution is 2.29. The second-order valence-corrected chi connectivity index (χ2v) is 6.48. The van der Waals surface area contributed by atoms with Gasteiger partial charge in [-0.2, -0.15) is 0 Å². The summed E-state index contributed by atoms with van der Waals surface area (Å²) in [4.78, 5) is 15.2. The number of aromatic nitrogens is 1. The fraction of sp³-hybridized carbons (Fsp3) is 0. The average Bonchev–Trinajstić information content (AvgIpc) is 3.06. The molecule has 4 rings (SSSR count). The monoisotopic (exact) mass is 331 g/mol. The van der Waals surface area contributed by atoms with Gasteiger partial charge in [0.05, 0.1) is 10.2 Å². The Balaban J connectivity index is 1.70. The molecule has 0 spiro atoms. The van der Waals surface area contributed by atoms with Crippen molar-refractivity contribution in [2.45, 2.75) is 0 Å². The van der Waals surface area contributed by atoms with Crippen LogP contribution >= 0.6 is 11.3 Å². The van der Waals surface area contributed by atoms with Gasteiger partial charge < -0.3 is 5.11 Å². The van der Waals surface area contributed by atoms with E-state index in [4.69, 9.17) is 5.11 Å². The van der Waals surface area contributed by atoms with Crippen molar-refractivity contribution < 1.29 is 9.90 Å². The third-order valence-corrected chi connectivity index (χ3v) is 4.92. The van der Waals surface area contributed by atoms with Gasteiger partial charge in [-0.25, -0.2) is 9.78 Å². The second-order valence-electron chi connectivity index (χ2n) is 5.45. The maximum atomic E-state index is 11.0. The minimum Gasteiger partial charge on any atom is -0.476 e. The lowest BCUT2D eigenvalue weighted by Crippen LogP contribution is -1.93. The van der Waals surface area contributed by atoms with Crippen LogP contribution in [0.25, 0.3) is 32.5 Å². The normalized spacial score (nSPS) is 10.8. The van der Waals surface area contributed by atoms with Crippen LogP contribution in [0.3, 0.4) is 0 Å². The molecule has 3 aromatic carbocycles. The van der Waals surface area contributed by atoms with Crippen LogP contribution in [0, 0.1) is 0 Å². The fourth-order valence-corrected chi connectivity index (χ4v) is 3.47. The van der Waals surface area contributed by atoms with Gasteiger partial charge in [0, 0.05) is 0 Å². The molecule has 0 aliphatic carbocycles. The molecule has 0 aliphatic rings. The number of carboxylic acids is 1. The molecular formula is C20H13NO2S. The number of rotatable bonds is 3. The molecule has 116 valence electrons. The Kier molecular flexibility index (Phi) is 3.59. The number of benzene rings is 3. The Morgan fingerprint density at radius 2 is 1.38 bits per heavy atom. The van der Waals surface area contributed by atoms with Crippen LogP contribution in [-0.2, 0) is 0 Å². The van der Waals surface area contributed by atoms with Crippen LogP contribution < -0.4 is 0 Å². The van der Waals surface area contributed by atoms with Crippen LogP contribution in [0.1, 0.15) is 9.80 Å². The van der Waals surface area contributed by atoms with Gasteiger partial charge in [-0.1, -0.05) is 60.7 Å². The topological polar surface area (TPSA) is 50.2 Å². The summed E-state index contributed by atoms with van der Waals surface area (Å²) >= 11 is 1.20. The molecule has 0 radical (unpaired) electrons. The average molecular weight is 331 g/mol. The number of aromatic carboxylic acids is 1. The summed E-state index contributed by atoms with van der Waals surface area (Å²) < 4.78 is 0.886. The van der Waals surface area contributed by atoms with Gasteiger partial charge in [0.15, 0.2) is 0 Å². The third kappa shape index (κ3) is 2.68.